The fourth-order valence-corrected chi connectivity index (χ4v) is 15.4. The molecule has 8 aromatic carbocycles. The van der Waals surface area contributed by atoms with Gasteiger partial charge in [0.2, 0.25) is 11.3 Å². The van der Waals surface area contributed by atoms with Crippen LogP contribution in [-0.2, 0) is 72.3 Å². The number of hydrogen-bond acceptors (Lipinski definition) is 24. The summed E-state index contributed by atoms with van der Waals surface area (Å²) >= 11 is 0. The van der Waals surface area contributed by atoms with Gasteiger partial charge < -0.3 is 62.4 Å². The molecule has 3 aliphatic rings. The van der Waals surface area contributed by atoms with E-state index >= 15 is 0 Å². The number of ether oxygens (including phenoxy) is 2. The summed E-state index contributed by atoms with van der Waals surface area (Å²) in [6.07, 6.45) is 19.7. The van der Waals surface area contributed by atoms with Gasteiger partial charge in [0, 0.05) is 77.0 Å². The van der Waals surface area contributed by atoms with Gasteiger partial charge >= 0.3 is 17.3 Å². The highest BCUT2D eigenvalue weighted by molar-refractivity contribution is 7.87. The van der Waals surface area contributed by atoms with Crippen LogP contribution < -0.4 is 39.7 Å². The number of carbonyl (C=O) groups is 1. The Hall–Kier alpha value is -11.8. The first kappa shape index (κ1) is 81.2. The minimum atomic E-state index is -5.14. The van der Waals surface area contributed by atoms with Crippen LogP contribution in [0.2, 0.25) is 0 Å². The van der Waals surface area contributed by atoms with E-state index in [9.17, 15) is 61.8 Å². The van der Waals surface area contributed by atoms with Crippen molar-refractivity contribution in [3.05, 3.63) is 271 Å². The van der Waals surface area contributed by atoms with E-state index in [1.807, 2.05) is 90.6 Å². The molecular weight excluding hydrogens is 1520 g/mol. The minimum Gasteiger partial charge on any atom is -0.744 e. The molecule has 0 saturated carbocycles. The average Bonchev–Trinajstić information content (AvgIpc) is 1.56. The molecule has 0 atom stereocenters. The maximum Gasteiger partial charge on any atom is 0.389 e. The Labute approximate surface area is 647 Å². The largest absolute Gasteiger partial charge is 0.744 e. The first-order valence-corrected chi connectivity index (χ1v) is 40.7. The molecular formula is C81H77N9O18S4-2. The highest BCUT2D eigenvalue weighted by Gasteiger charge is 2.45. The van der Waals surface area contributed by atoms with Crippen LogP contribution in [0.25, 0.3) is 44.9 Å². The third kappa shape index (κ3) is 19.8. The topological polar surface area (TPSA) is 399 Å². The lowest BCUT2D eigenvalue weighted by Gasteiger charge is -2.20. The first-order valence-electron chi connectivity index (χ1n) is 35.1. The number of carboxylic acid groups (broad SMARTS) is 1. The second-order valence-electron chi connectivity index (χ2n) is 26.3. The molecule has 0 fully saturated rings. The zero-order chi connectivity index (χ0) is 80.1. The van der Waals surface area contributed by atoms with E-state index in [-0.39, 0.29) is 16.2 Å². The number of carboxylic acids is 1. The lowest BCUT2D eigenvalue weighted by Crippen LogP contribution is -2.39. The van der Waals surface area contributed by atoms with Gasteiger partial charge in [0.15, 0.2) is 25.0 Å². The van der Waals surface area contributed by atoms with Gasteiger partial charge in [-0.3, -0.25) is 4.98 Å². The summed E-state index contributed by atoms with van der Waals surface area (Å²) in [5.74, 6) is 1.80. The normalized spacial score (nSPS) is 14.5. The Morgan fingerprint density at radius 2 is 1.39 bits per heavy atom. The van der Waals surface area contributed by atoms with Crippen molar-refractivity contribution < 1.29 is 93.8 Å². The number of allylic oxidation sites excluding steroid dienone is 4. The van der Waals surface area contributed by atoms with Crippen LogP contribution in [0, 0.1) is 0 Å². The van der Waals surface area contributed by atoms with E-state index in [1.54, 1.807) is 25.7 Å². The fraction of sp³-hybridized carbons (Fsp3) is 0.198. The molecule has 31 heteroatoms. The number of para-hydroxylation sites is 5. The zero-order valence-corrected chi connectivity index (χ0v) is 64.7. The van der Waals surface area contributed by atoms with E-state index in [4.69, 9.17) is 18.3 Å². The monoisotopic (exact) mass is 1590 g/mol. The number of methoxy groups -OCH3 is 1. The molecule has 0 saturated heterocycles. The zero-order valence-electron chi connectivity index (χ0n) is 61.5. The molecule has 0 unspecified atom stereocenters. The third-order valence-electron chi connectivity index (χ3n) is 18.3. The van der Waals surface area contributed by atoms with Crippen molar-refractivity contribution in [2.45, 2.75) is 97.8 Å². The van der Waals surface area contributed by atoms with Crippen molar-refractivity contribution in [3.8, 4) is 11.5 Å². The SMILES string of the molecule is CCCc1ccccc1N/C=C1\CCC[n+]2c1oc1ccccc12.COc1ccc2c(c1)C(C)(C)C(/C=C(\C)Nc1cccnc1)=[N+]2CCOc1ccccc1.C[n+]1c(C=C2CCc3ccccc3N2)oc2nccnc21.O=C([O-])c1ccccc1S(=O)(=O)[O-].O=S(=O)([O-])c1ccc2c(S(=O)(=O)[O-])cc(S(=O)(=O)[O-])cc2c1. The number of hydrogen-bond donors (Lipinski definition) is 3. The lowest BCUT2D eigenvalue weighted by atomic mass is 9.81. The van der Waals surface area contributed by atoms with Gasteiger partial charge in [0.25, 0.3) is 11.4 Å². The smallest absolute Gasteiger partial charge is 0.389 e. The van der Waals surface area contributed by atoms with Gasteiger partial charge in [0.05, 0.1) is 68.8 Å². The van der Waals surface area contributed by atoms with Gasteiger partial charge in [-0.05, 0) is 158 Å². The molecule has 12 aromatic rings. The molecule has 3 N–H and O–H groups in total. The molecule has 0 bridgehead atoms. The van der Waals surface area contributed by atoms with Crippen LogP contribution in [-0.4, -0.2) is 103 Å². The van der Waals surface area contributed by atoms with Crippen LogP contribution in [0.15, 0.2) is 265 Å². The van der Waals surface area contributed by atoms with E-state index in [2.05, 4.69) is 147 Å². The Kier molecular flexibility index (Phi) is 25.4. The fourth-order valence-electron chi connectivity index (χ4n) is 12.9. The van der Waals surface area contributed by atoms with Crippen LogP contribution in [0.3, 0.4) is 0 Å². The summed E-state index contributed by atoms with van der Waals surface area (Å²) in [6.45, 7) is 11.2. The Morgan fingerprint density at radius 1 is 0.696 bits per heavy atom. The number of aromatic carboxylic acids is 1. The van der Waals surface area contributed by atoms with Crippen molar-refractivity contribution in [2.24, 2.45) is 7.05 Å². The van der Waals surface area contributed by atoms with Gasteiger partial charge in [-0.25, -0.2) is 38.7 Å². The van der Waals surface area contributed by atoms with Gasteiger partial charge in [0.1, 0.15) is 58.6 Å². The highest BCUT2D eigenvalue weighted by Crippen LogP contribution is 2.42. The Morgan fingerprint density at radius 3 is 2.10 bits per heavy atom. The number of oxazole rings is 2. The summed E-state index contributed by atoms with van der Waals surface area (Å²) in [7, 11) is -16.2. The van der Waals surface area contributed by atoms with Crippen LogP contribution in [0.4, 0.5) is 22.7 Å². The molecule has 112 heavy (non-hydrogen) atoms. The van der Waals surface area contributed by atoms with Crippen molar-refractivity contribution in [3.63, 3.8) is 0 Å². The quantitative estimate of drug-likeness (QED) is 0.0530. The summed E-state index contributed by atoms with van der Waals surface area (Å²) in [6, 6.07) is 53.3. The van der Waals surface area contributed by atoms with Crippen LogP contribution in [0.5, 0.6) is 11.5 Å². The molecule has 580 valence electrons. The highest BCUT2D eigenvalue weighted by atomic mass is 32.2. The van der Waals surface area contributed by atoms with Crippen molar-refractivity contribution in [1.29, 1.82) is 0 Å². The van der Waals surface area contributed by atoms with E-state index in [0.29, 0.717) is 30.5 Å². The van der Waals surface area contributed by atoms with Gasteiger partial charge in [-0.15, -0.1) is 0 Å². The third-order valence-corrected chi connectivity index (χ3v) is 21.7. The molecule has 15 rings (SSSR count). The number of anilines is 3. The Balaban J connectivity index is 0.000000142. The predicted molar refractivity (Wildman–Crippen MR) is 413 cm³/mol. The van der Waals surface area contributed by atoms with Crippen molar-refractivity contribution >= 4 is 120 Å². The second kappa shape index (κ2) is 35.0. The van der Waals surface area contributed by atoms with E-state index in [0.717, 1.165) is 127 Å². The summed E-state index contributed by atoms with van der Waals surface area (Å²) in [4.78, 5) is 19.5. The molecule has 27 nitrogen and oxygen atoms in total. The van der Waals surface area contributed by atoms with E-state index < -0.39 is 71.6 Å². The number of pyridine rings is 1. The number of aromatic nitrogens is 5. The first-order chi connectivity index (χ1) is 53.4. The molecule has 0 amide bonds. The molecule has 4 aromatic heterocycles. The molecule has 0 spiro atoms. The minimum absolute atomic E-state index is 0.186. The average molecular weight is 1590 g/mol. The van der Waals surface area contributed by atoms with Crippen molar-refractivity contribution in [2.75, 3.05) is 36.2 Å². The summed E-state index contributed by atoms with van der Waals surface area (Å²) < 4.78 is 161. The number of fused-ring (bicyclic) bond motifs is 7. The van der Waals surface area contributed by atoms with Crippen LogP contribution >= 0.6 is 0 Å². The summed E-state index contributed by atoms with van der Waals surface area (Å²) in [5, 5.41) is 20.1. The van der Waals surface area contributed by atoms with Gasteiger partial charge in [-0.2, -0.15) is 13.7 Å². The molecule has 0 radical (unpaired) electrons. The number of aryl methyl sites for hydroxylation is 4. The standard InChI is InChI=1S/C27H29N3O2.C21H22N2O.C16H14N4O.C10H8O9S3.C7H6O5S/c1-20(29-21-9-8-14-28-19-21)17-26-27(2,3)24-18-23(31-4)12-13-25(24)30(26)15-16-32-22-10-6-5-7-11-22;1-2-8-16-9-3-4-11-18(16)22-15-17-10-7-14-23-19-12-5-6-13-20(19)24-21(17)23;1-20-14(21-16-15(20)17-8-9-18-16)10-12-7-6-11-4-2-3-5-13(11)19-12;11-20(12,13)7-1-2-9-6(3-7)4-8(21(14,15)16)5-10(9)22(17,18)19;8-7(9)5-3-1-2-4-6(5)13(10,11)12/h5-14,17-19H,15-16H2,1-4H3;3-6,9,11-13,15H,2,7-8,10,14H2,1H3;2-5,8-10H,6-7H2,1H3;1-5H,(H,11,12,13)(H,14,15,16)(H,17,18,19);1-4H,(H,8,9)(H,10,11,12)/p-2. The van der Waals surface area contributed by atoms with Gasteiger partial charge in [-0.1, -0.05) is 104 Å². The Bertz CT molecular complexity index is 6110. The second-order valence-corrected chi connectivity index (χ2v) is 31.7. The van der Waals surface area contributed by atoms with Crippen molar-refractivity contribution in [1.82, 2.24) is 15.0 Å². The number of benzene rings is 8. The number of nitrogens with one attached hydrogen (secondary N) is 3. The predicted octanol–water partition coefficient (Wildman–Crippen LogP) is 11.4. The van der Waals surface area contributed by atoms with E-state index in [1.165, 1.54) is 62.7 Å². The summed E-state index contributed by atoms with van der Waals surface area (Å²) in [5.41, 5.74) is 15.8. The maximum atomic E-state index is 11.2. The molecule has 0 aliphatic carbocycles. The molecule has 7 heterocycles. The number of nitrogens with zero attached hydrogens (tertiary/aromatic N) is 6. The number of carbonyl (C=O) groups excluding carboxylic acids is 1. The van der Waals surface area contributed by atoms with Crippen LogP contribution in [0.1, 0.15) is 92.2 Å². The maximum absolute atomic E-state index is 11.2. The molecule has 3 aliphatic heterocycles. The number of rotatable bonds is 18. The lowest BCUT2D eigenvalue weighted by molar-refractivity contribution is -0.682.